The van der Waals surface area contributed by atoms with Gasteiger partial charge in [0, 0.05) is 38.1 Å². The number of nitrogens with two attached hydrogens (primary N) is 1. The highest BCUT2D eigenvalue weighted by Gasteiger charge is 2.28. The van der Waals surface area contributed by atoms with Gasteiger partial charge in [-0.1, -0.05) is 44.2 Å². The molecule has 1 heterocycles. The van der Waals surface area contributed by atoms with Crippen molar-refractivity contribution < 1.29 is 4.79 Å². The maximum atomic E-state index is 12.0. The minimum Gasteiger partial charge on any atom is -0.353 e. The Morgan fingerprint density at radius 1 is 1.43 bits per heavy atom. The zero-order chi connectivity index (χ0) is 15.2. The Balaban J connectivity index is 1.83. The van der Waals surface area contributed by atoms with Crippen LogP contribution in [0.4, 0.5) is 0 Å². The third-order valence-corrected chi connectivity index (χ3v) is 4.37. The largest absolute Gasteiger partial charge is 0.353 e. The lowest BCUT2D eigenvalue weighted by atomic mass is 9.93. The number of carbonyl (C=O) groups excluding carboxylic acids is 1. The first kappa shape index (κ1) is 16.0. The number of hydrogen-bond donors (Lipinski definition) is 2. The zero-order valence-corrected chi connectivity index (χ0v) is 13.1. The predicted octanol–water partition coefficient (Wildman–Crippen LogP) is 1.61. The molecule has 1 aromatic carbocycles. The topological polar surface area (TPSA) is 58.4 Å². The van der Waals surface area contributed by atoms with Crippen LogP contribution in [-0.4, -0.2) is 36.5 Å². The lowest BCUT2D eigenvalue weighted by molar-refractivity contribution is -0.125. The quantitative estimate of drug-likeness (QED) is 0.866. The van der Waals surface area contributed by atoms with Crippen LogP contribution in [0.3, 0.4) is 0 Å². The Morgan fingerprint density at radius 3 is 2.76 bits per heavy atom. The molecule has 1 aliphatic heterocycles. The van der Waals surface area contributed by atoms with Gasteiger partial charge in [-0.25, -0.2) is 0 Å². The molecular weight excluding hydrogens is 262 g/mol. The van der Waals surface area contributed by atoms with E-state index in [1.807, 2.05) is 13.0 Å². The summed E-state index contributed by atoms with van der Waals surface area (Å²) in [5, 5.41) is 3.16. The number of hydrogen-bond acceptors (Lipinski definition) is 3. The van der Waals surface area contributed by atoms with E-state index in [1.54, 1.807) is 0 Å². The summed E-state index contributed by atoms with van der Waals surface area (Å²) in [5.74, 6) is 0.460. The molecule has 1 saturated heterocycles. The highest BCUT2D eigenvalue weighted by Crippen LogP contribution is 2.19. The van der Waals surface area contributed by atoms with Crippen LogP contribution in [0.5, 0.6) is 0 Å². The molecule has 116 valence electrons. The molecular formula is C17H27N3O. The van der Waals surface area contributed by atoms with Crippen LogP contribution in [0, 0.1) is 11.8 Å². The number of nitrogens with zero attached hydrogens (tertiary/aromatic N) is 1. The fraction of sp³-hybridized carbons (Fsp3) is 0.588. The van der Waals surface area contributed by atoms with Crippen molar-refractivity contribution in [2.24, 2.45) is 17.6 Å². The van der Waals surface area contributed by atoms with Crippen LogP contribution in [0.15, 0.2) is 30.3 Å². The molecule has 21 heavy (non-hydrogen) atoms. The molecule has 0 aromatic heterocycles. The lowest BCUT2D eigenvalue weighted by Gasteiger charge is -2.37. The molecule has 0 aliphatic carbocycles. The van der Waals surface area contributed by atoms with Gasteiger partial charge < -0.3 is 11.1 Å². The van der Waals surface area contributed by atoms with Gasteiger partial charge in [0.1, 0.15) is 0 Å². The summed E-state index contributed by atoms with van der Waals surface area (Å²) in [6.07, 6.45) is 1.01. The third-order valence-electron chi connectivity index (χ3n) is 4.37. The molecule has 4 heteroatoms. The molecule has 0 radical (unpaired) electrons. The van der Waals surface area contributed by atoms with Crippen molar-refractivity contribution in [2.75, 3.05) is 19.6 Å². The number of nitrogens with one attached hydrogen (secondary N) is 1. The fourth-order valence-electron chi connectivity index (χ4n) is 2.86. The highest BCUT2D eigenvalue weighted by atomic mass is 16.1. The van der Waals surface area contributed by atoms with E-state index in [0.29, 0.717) is 12.5 Å². The normalized spacial score (nSPS) is 24.5. The number of piperidine rings is 1. The minimum atomic E-state index is -0.0976. The molecule has 0 bridgehead atoms. The first-order chi connectivity index (χ1) is 10.1. The van der Waals surface area contributed by atoms with Crippen LogP contribution in [0.1, 0.15) is 25.8 Å². The summed E-state index contributed by atoms with van der Waals surface area (Å²) in [7, 11) is 0. The van der Waals surface area contributed by atoms with Crippen LogP contribution in [0.2, 0.25) is 0 Å². The molecule has 3 unspecified atom stereocenters. The van der Waals surface area contributed by atoms with Gasteiger partial charge in [-0.15, -0.1) is 0 Å². The Hall–Kier alpha value is -1.39. The molecule has 1 aliphatic rings. The van der Waals surface area contributed by atoms with E-state index in [1.165, 1.54) is 5.56 Å². The maximum absolute atomic E-state index is 12.0. The van der Waals surface area contributed by atoms with Gasteiger partial charge >= 0.3 is 0 Å². The van der Waals surface area contributed by atoms with Gasteiger partial charge in [-0.2, -0.15) is 0 Å². The second-order valence-corrected chi connectivity index (χ2v) is 6.24. The van der Waals surface area contributed by atoms with E-state index in [9.17, 15) is 4.79 Å². The molecule has 0 spiro atoms. The van der Waals surface area contributed by atoms with E-state index in [-0.39, 0.29) is 17.9 Å². The average Bonchev–Trinajstić information content (AvgIpc) is 2.50. The molecule has 3 N–H and O–H groups in total. The predicted molar refractivity (Wildman–Crippen MR) is 85.6 cm³/mol. The van der Waals surface area contributed by atoms with Gasteiger partial charge in [-0.05, 0) is 17.9 Å². The minimum absolute atomic E-state index is 0.0888. The number of rotatable bonds is 5. The lowest BCUT2D eigenvalue weighted by Crippen LogP contribution is -2.51. The first-order valence-corrected chi connectivity index (χ1v) is 7.87. The van der Waals surface area contributed by atoms with Crippen molar-refractivity contribution in [2.45, 2.75) is 32.9 Å². The van der Waals surface area contributed by atoms with Gasteiger partial charge in [-0.3, -0.25) is 9.69 Å². The van der Waals surface area contributed by atoms with Crippen molar-refractivity contribution >= 4 is 5.91 Å². The molecule has 1 aromatic rings. The van der Waals surface area contributed by atoms with Gasteiger partial charge in [0.25, 0.3) is 0 Å². The fourth-order valence-corrected chi connectivity index (χ4v) is 2.86. The number of amides is 1. The van der Waals surface area contributed by atoms with E-state index in [4.69, 9.17) is 5.73 Å². The SMILES string of the molecule is CC(CN)C(=O)NC1CCN(Cc2ccccc2)CC1C. The van der Waals surface area contributed by atoms with E-state index < -0.39 is 0 Å². The van der Waals surface area contributed by atoms with Gasteiger partial charge in [0.2, 0.25) is 5.91 Å². The first-order valence-electron chi connectivity index (χ1n) is 7.87. The van der Waals surface area contributed by atoms with Gasteiger partial charge in [0.05, 0.1) is 0 Å². The Morgan fingerprint density at radius 2 is 2.14 bits per heavy atom. The highest BCUT2D eigenvalue weighted by molar-refractivity contribution is 5.78. The van der Waals surface area contributed by atoms with E-state index >= 15 is 0 Å². The number of benzene rings is 1. The molecule has 3 atom stereocenters. The summed E-state index contributed by atoms with van der Waals surface area (Å²) in [6, 6.07) is 10.8. The summed E-state index contributed by atoms with van der Waals surface area (Å²) in [6.45, 7) is 7.55. The molecule has 1 fully saturated rings. The smallest absolute Gasteiger partial charge is 0.224 e. The molecule has 1 amide bonds. The van der Waals surface area contributed by atoms with Crippen molar-refractivity contribution in [3.05, 3.63) is 35.9 Å². The van der Waals surface area contributed by atoms with Crippen LogP contribution < -0.4 is 11.1 Å². The summed E-state index contributed by atoms with van der Waals surface area (Å²) >= 11 is 0. The second-order valence-electron chi connectivity index (χ2n) is 6.24. The van der Waals surface area contributed by atoms with Crippen molar-refractivity contribution in [1.29, 1.82) is 0 Å². The molecule has 2 rings (SSSR count). The zero-order valence-electron chi connectivity index (χ0n) is 13.1. The van der Waals surface area contributed by atoms with Crippen molar-refractivity contribution in [3.8, 4) is 0 Å². The van der Waals surface area contributed by atoms with Crippen LogP contribution in [0.25, 0.3) is 0 Å². The number of likely N-dealkylation sites (tertiary alicyclic amines) is 1. The molecule has 0 saturated carbocycles. The summed E-state index contributed by atoms with van der Waals surface area (Å²) in [5.41, 5.74) is 6.90. The Bertz CT molecular complexity index is 449. The standard InChI is InChI=1S/C17H27N3O/c1-13(10-18)17(21)19-16-8-9-20(11-14(16)2)12-15-6-4-3-5-7-15/h3-7,13-14,16H,8-12,18H2,1-2H3,(H,19,21). The third kappa shape index (κ3) is 4.55. The van der Waals surface area contributed by atoms with Crippen LogP contribution in [-0.2, 0) is 11.3 Å². The van der Waals surface area contributed by atoms with Crippen molar-refractivity contribution in [1.82, 2.24) is 10.2 Å². The monoisotopic (exact) mass is 289 g/mol. The Kier molecular flexibility index (Phi) is 5.76. The maximum Gasteiger partial charge on any atom is 0.224 e. The molecule has 4 nitrogen and oxygen atoms in total. The van der Waals surface area contributed by atoms with E-state index in [0.717, 1.165) is 26.1 Å². The summed E-state index contributed by atoms with van der Waals surface area (Å²) in [4.78, 5) is 14.4. The van der Waals surface area contributed by atoms with Crippen molar-refractivity contribution in [3.63, 3.8) is 0 Å². The summed E-state index contributed by atoms with van der Waals surface area (Å²) < 4.78 is 0. The second kappa shape index (κ2) is 7.57. The van der Waals surface area contributed by atoms with E-state index in [2.05, 4.69) is 41.4 Å². The van der Waals surface area contributed by atoms with Crippen LogP contribution >= 0.6 is 0 Å². The van der Waals surface area contributed by atoms with Gasteiger partial charge in [0.15, 0.2) is 0 Å². The number of carbonyl (C=O) groups is 1. The Labute approximate surface area is 127 Å². The average molecular weight is 289 g/mol.